The van der Waals surface area contributed by atoms with Crippen molar-refractivity contribution in [2.75, 3.05) is 13.2 Å². The molecule has 0 saturated carbocycles. The summed E-state index contributed by atoms with van der Waals surface area (Å²) in [5.41, 5.74) is 0. The van der Waals surface area contributed by atoms with Crippen LogP contribution < -0.4 is 0 Å². The number of carbonyl (C=O) groups excluding carboxylic acids is 3. The number of rotatable bonds is 44. The summed E-state index contributed by atoms with van der Waals surface area (Å²) in [6, 6.07) is 0. The molecule has 0 unspecified atom stereocenters. The highest BCUT2D eigenvalue weighted by atomic mass is 16.6. The molecule has 0 fully saturated rings. The Bertz CT molecular complexity index is 969. The molecule has 0 amide bonds. The highest BCUT2D eigenvalue weighted by Gasteiger charge is 2.19. The fourth-order valence-corrected chi connectivity index (χ4v) is 6.86. The van der Waals surface area contributed by atoms with E-state index >= 15 is 0 Å². The van der Waals surface area contributed by atoms with Crippen LogP contribution in [0.4, 0.5) is 0 Å². The van der Waals surface area contributed by atoms with Gasteiger partial charge in [-0.25, -0.2) is 0 Å². The van der Waals surface area contributed by atoms with Crippen LogP contribution in [0.5, 0.6) is 0 Å². The minimum atomic E-state index is -0.777. The van der Waals surface area contributed by atoms with Gasteiger partial charge in [0.2, 0.25) is 0 Å². The molecule has 0 aliphatic rings. The Morgan fingerprint density at radius 2 is 0.649 bits per heavy atom. The molecule has 57 heavy (non-hydrogen) atoms. The molecule has 0 rings (SSSR count). The third-order valence-corrected chi connectivity index (χ3v) is 10.6. The van der Waals surface area contributed by atoms with Crippen LogP contribution >= 0.6 is 0 Å². The summed E-state index contributed by atoms with van der Waals surface area (Å²) in [5.74, 6) is -0.896. The largest absolute Gasteiger partial charge is 0.462 e. The van der Waals surface area contributed by atoms with Gasteiger partial charge in [-0.3, -0.25) is 14.4 Å². The van der Waals surface area contributed by atoms with Crippen molar-refractivity contribution in [3.63, 3.8) is 0 Å². The second-order valence-electron chi connectivity index (χ2n) is 16.4. The molecule has 0 aliphatic carbocycles. The van der Waals surface area contributed by atoms with Gasteiger partial charge in [-0.15, -0.1) is 0 Å². The van der Waals surface area contributed by atoms with E-state index in [-0.39, 0.29) is 31.1 Å². The van der Waals surface area contributed by atoms with Gasteiger partial charge in [0.05, 0.1) is 0 Å². The maximum absolute atomic E-state index is 12.7. The zero-order chi connectivity index (χ0) is 41.5. The fourth-order valence-electron chi connectivity index (χ4n) is 6.86. The third kappa shape index (κ3) is 44.6. The molecule has 332 valence electrons. The zero-order valence-electron chi connectivity index (χ0n) is 37.9. The molecule has 0 heterocycles. The van der Waals surface area contributed by atoms with Gasteiger partial charge in [0, 0.05) is 19.3 Å². The molecule has 0 spiro atoms. The predicted molar refractivity (Wildman–Crippen MR) is 242 cm³/mol. The number of ether oxygens (including phenoxy) is 3. The Morgan fingerprint density at radius 3 is 1.04 bits per heavy atom. The highest BCUT2D eigenvalue weighted by Crippen LogP contribution is 2.14. The van der Waals surface area contributed by atoms with Gasteiger partial charge in [-0.05, 0) is 70.6 Å². The molecule has 0 radical (unpaired) electrons. The number of hydrogen-bond donors (Lipinski definition) is 0. The van der Waals surface area contributed by atoms with Gasteiger partial charge >= 0.3 is 17.9 Å². The molecular formula is C51H92O6. The van der Waals surface area contributed by atoms with E-state index in [9.17, 15) is 14.4 Å². The summed E-state index contributed by atoms with van der Waals surface area (Å²) in [4.78, 5) is 37.8. The quantitative estimate of drug-likeness (QED) is 0.0264. The SMILES string of the molecule is CCCC/C=C\C/C=C\CCCCCCCC(=O)OC[C@@H](COC(=O)CCCCCCCCCCCCC)OC(=O)CCCCCCC/C=C\CCCCCCC. The summed E-state index contributed by atoms with van der Waals surface area (Å²) in [6.07, 6.45) is 52.6. The van der Waals surface area contributed by atoms with E-state index in [1.807, 2.05) is 0 Å². The van der Waals surface area contributed by atoms with Crippen molar-refractivity contribution >= 4 is 17.9 Å². The van der Waals surface area contributed by atoms with Crippen LogP contribution in [0.1, 0.15) is 252 Å². The molecule has 0 N–H and O–H groups in total. The Labute approximate surface area is 353 Å². The summed E-state index contributed by atoms with van der Waals surface area (Å²) in [5, 5.41) is 0. The lowest BCUT2D eigenvalue weighted by Gasteiger charge is -2.18. The van der Waals surface area contributed by atoms with Crippen LogP contribution in [-0.4, -0.2) is 37.2 Å². The number of hydrogen-bond acceptors (Lipinski definition) is 6. The first kappa shape index (κ1) is 54.6. The maximum atomic E-state index is 12.7. The predicted octanol–water partition coefficient (Wildman–Crippen LogP) is 15.8. The van der Waals surface area contributed by atoms with Crippen molar-refractivity contribution in [2.24, 2.45) is 0 Å². The minimum Gasteiger partial charge on any atom is -0.462 e. The first-order chi connectivity index (χ1) is 28.0. The second-order valence-corrected chi connectivity index (χ2v) is 16.4. The maximum Gasteiger partial charge on any atom is 0.306 e. The van der Waals surface area contributed by atoms with Crippen molar-refractivity contribution in [3.8, 4) is 0 Å². The Hall–Kier alpha value is -2.37. The molecule has 0 aromatic rings. The minimum absolute atomic E-state index is 0.0776. The standard InChI is InChI=1S/C51H92O6/c1-4-7-10-13-16-19-22-24-26-29-32-35-38-41-44-50(53)56-47-48(46-55-49(52)43-40-37-34-31-28-21-18-15-12-9-6-3)57-51(54)45-42-39-36-33-30-27-25-23-20-17-14-11-8-5-2/h13,16,22-25,48H,4-12,14-15,17-21,26-47H2,1-3H3/b16-13-,24-22-,25-23-/t48-/m1/s1. The molecule has 0 bridgehead atoms. The van der Waals surface area contributed by atoms with Crippen LogP contribution in [0.2, 0.25) is 0 Å². The van der Waals surface area contributed by atoms with Gasteiger partial charge in [0.1, 0.15) is 13.2 Å². The summed E-state index contributed by atoms with van der Waals surface area (Å²) >= 11 is 0. The van der Waals surface area contributed by atoms with Crippen LogP contribution in [-0.2, 0) is 28.6 Å². The Morgan fingerprint density at radius 1 is 0.351 bits per heavy atom. The molecule has 0 aliphatic heterocycles. The Balaban J connectivity index is 4.39. The van der Waals surface area contributed by atoms with E-state index in [1.165, 1.54) is 122 Å². The van der Waals surface area contributed by atoms with Crippen LogP contribution in [0.3, 0.4) is 0 Å². The average Bonchev–Trinajstić information content (AvgIpc) is 3.21. The summed E-state index contributed by atoms with van der Waals surface area (Å²) in [6.45, 7) is 6.57. The number of esters is 3. The molecule has 0 aromatic carbocycles. The lowest BCUT2D eigenvalue weighted by molar-refractivity contribution is -0.167. The van der Waals surface area contributed by atoms with Crippen LogP contribution in [0.15, 0.2) is 36.5 Å². The van der Waals surface area contributed by atoms with E-state index in [2.05, 4.69) is 57.2 Å². The fraction of sp³-hybridized carbons (Fsp3) is 0.824. The van der Waals surface area contributed by atoms with Crippen molar-refractivity contribution in [1.29, 1.82) is 0 Å². The van der Waals surface area contributed by atoms with Gasteiger partial charge < -0.3 is 14.2 Å². The second kappa shape index (κ2) is 46.3. The lowest BCUT2D eigenvalue weighted by atomic mass is 10.1. The number of carbonyl (C=O) groups is 3. The van der Waals surface area contributed by atoms with Crippen molar-refractivity contribution in [3.05, 3.63) is 36.5 Å². The molecule has 6 heteroatoms. The first-order valence-electron chi connectivity index (χ1n) is 24.5. The molecule has 0 aromatic heterocycles. The van der Waals surface area contributed by atoms with Gasteiger partial charge in [0.25, 0.3) is 0 Å². The lowest BCUT2D eigenvalue weighted by Crippen LogP contribution is -2.30. The molecular weight excluding hydrogens is 709 g/mol. The van der Waals surface area contributed by atoms with E-state index in [4.69, 9.17) is 14.2 Å². The smallest absolute Gasteiger partial charge is 0.306 e. The van der Waals surface area contributed by atoms with E-state index < -0.39 is 6.10 Å². The van der Waals surface area contributed by atoms with E-state index in [0.29, 0.717) is 19.3 Å². The van der Waals surface area contributed by atoms with Crippen molar-refractivity contribution in [1.82, 2.24) is 0 Å². The van der Waals surface area contributed by atoms with Crippen molar-refractivity contribution in [2.45, 2.75) is 258 Å². The van der Waals surface area contributed by atoms with Crippen LogP contribution in [0, 0.1) is 0 Å². The highest BCUT2D eigenvalue weighted by molar-refractivity contribution is 5.71. The molecule has 0 saturated heterocycles. The van der Waals surface area contributed by atoms with Crippen molar-refractivity contribution < 1.29 is 28.6 Å². The Kier molecular flexibility index (Phi) is 44.4. The van der Waals surface area contributed by atoms with Gasteiger partial charge in [-0.1, -0.05) is 198 Å². The average molecular weight is 801 g/mol. The molecule has 6 nitrogen and oxygen atoms in total. The topological polar surface area (TPSA) is 78.9 Å². The normalized spacial score (nSPS) is 12.3. The summed E-state index contributed by atoms with van der Waals surface area (Å²) < 4.78 is 16.7. The monoisotopic (exact) mass is 801 g/mol. The van der Waals surface area contributed by atoms with Crippen LogP contribution in [0.25, 0.3) is 0 Å². The van der Waals surface area contributed by atoms with Gasteiger partial charge in [-0.2, -0.15) is 0 Å². The molecule has 1 atom stereocenters. The van der Waals surface area contributed by atoms with E-state index in [1.54, 1.807) is 0 Å². The van der Waals surface area contributed by atoms with Gasteiger partial charge in [0.15, 0.2) is 6.10 Å². The first-order valence-corrected chi connectivity index (χ1v) is 24.5. The third-order valence-electron chi connectivity index (χ3n) is 10.6. The number of allylic oxidation sites excluding steroid dienone is 6. The van der Waals surface area contributed by atoms with E-state index in [0.717, 1.165) is 89.9 Å². The number of unbranched alkanes of at least 4 members (excludes halogenated alkanes) is 27. The zero-order valence-corrected chi connectivity index (χ0v) is 37.9. The summed E-state index contributed by atoms with van der Waals surface area (Å²) in [7, 11) is 0.